The number of benzene rings is 1. The fourth-order valence-electron chi connectivity index (χ4n) is 1.41. The predicted octanol–water partition coefficient (Wildman–Crippen LogP) is 2.35. The molecule has 2 rings (SSSR count). The normalized spacial score (nSPS) is 12.7. The molecule has 1 atom stereocenters. The minimum absolute atomic E-state index is 0.245. The fourth-order valence-corrected chi connectivity index (χ4v) is 1.41. The topological polar surface area (TPSA) is 59.2 Å². The van der Waals surface area contributed by atoms with Crippen LogP contribution in [0.5, 0.6) is 0 Å². The van der Waals surface area contributed by atoms with Crippen molar-refractivity contribution < 1.29 is 9.63 Å². The molecule has 4 heteroatoms. The molecule has 16 heavy (non-hydrogen) atoms. The van der Waals surface area contributed by atoms with Gasteiger partial charge in [0.2, 0.25) is 5.82 Å². The monoisotopic (exact) mass is 218 g/mol. The molecule has 0 aliphatic rings. The summed E-state index contributed by atoms with van der Waals surface area (Å²) in [5.41, 5.74) is 2.16. The molecule has 0 aliphatic heterocycles. The summed E-state index contributed by atoms with van der Waals surface area (Å²) in [4.78, 5) is 4.11. The largest absolute Gasteiger partial charge is 0.384 e. The molecule has 0 fully saturated rings. The third kappa shape index (κ3) is 2.12. The van der Waals surface area contributed by atoms with Gasteiger partial charge in [0.1, 0.15) is 6.10 Å². The first-order valence-corrected chi connectivity index (χ1v) is 5.31. The zero-order valence-electron chi connectivity index (χ0n) is 9.34. The fraction of sp³-hybridized carbons (Fsp3) is 0.333. The van der Waals surface area contributed by atoms with Crippen LogP contribution in [0.15, 0.2) is 28.8 Å². The second-order valence-electron chi connectivity index (χ2n) is 3.68. The molecule has 0 saturated heterocycles. The summed E-state index contributed by atoms with van der Waals surface area (Å²) in [6, 6.07) is 7.98. The van der Waals surface area contributed by atoms with E-state index in [0.29, 0.717) is 5.82 Å². The maximum atomic E-state index is 9.27. The van der Waals surface area contributed by atoms with Crippen molar-refractivity contribution in [3.63, 3.8) is 0 Å². The van der Waals surface area contributed by atoms with Gasteiger partial charge < -0.3 is 9.63 Å². The smallest absolute Gasteiger partial charge is 0.255 e. The second kappa shape index (κ2) is 4.45. The van der Waals surface area contributed by atoms with Crippen LogP contribution in [-0.4, -0.2) is 15.2 Å². The average Bonchev–Trinajstić information content (AvgIpc) is 2.78. The van der Waals surface area contributed by atoms with Crippen LogP contribution in [0.3, 0.4) is 0 Å². The highest BCUT2D eigenvalue weighted by atomic mass is 16.5. The van der Waals surface area contributed by atoms with E-state index < -0.39 is 6.10 Å². The highest BCUT2D eigenvalue weighted by Crippen LogP contribution is 2.19. The van der Waals surface area contributed by atoms with E-state index in [1.165, 1.54) is 5.56 Å². The molecule has 0 unspecified atom stereocenters. The first-order valence-electron chi connectivity index (χ1n) is 5.31. The van der Waals surface area contributed by atoms with Crippen LogP contribution in [-0.2, 0) is 6.42 Å². The van der Waals surface area contributed by atoms with Crippen LogP contribution in [0.4, 0.5) is 0 Å². The van der Waals surface area contributed by atoms with Crippen LogP contribution in [0.1, 0.15) is 31.4 Å². The molecule has 1 N–H and O–H groups in total. The quantitative estimate of drug-likeness (QED) is 0.859. The lowest BCUT2D eigenvalue weighted by Gasteiger charge is -1.97. The summed E-state index contributed by atoms with van der Waals surface area (Å²) in [6.07, 6.45) is 0.280. The van der Waals surface area contributed by atoms with Gasteiger partial charge in [-0.15, -0.1) is 0 Å². The van der Waals surface area contributed by atoms with Crippen LogP contribution in [0.25, 0.3) is 11.4 Å². The van der Waals surface area contributed by atoms with Gasteiger partial charge in [0.05, 0.1) is 0 Å². The summed E-state index contributed by atoms with van der Waals surface area (Å²) < 4.78 is 4.93. The van der Waals surface area contributed by atoms with Gasteiger partial charge in [-0.25, -0.2) is 0 Å². The molecule has 0 aliphatic carbocycles. The van der Waals surface area contributed by atoms with E-state index in [0.717, 1.165) is 12.0 Å². The van der Waals surface area contributed by atoms with Crippen molar-refractivity contribution in [3.05, 3.63) is 35.7 Å². The van der Waals surface area contributed by atoms with Crippen LogP contribution in [0.2, 0.25) is 0 Å². The highest BCUT2D eigenvalue weighted by molar-refractivity contribution is 5.54. The van der Waals surface area contributed by atoms with Gasteiger partial charge in [-0.3, -0.25) is 0 Å². The van der Waals surface area contributed by atoms with Crippen molar-refractivity contribution >= 4 is 0 Å². The number of hydrogen-bond acceptors (Lipinski definition) is 4. The Balaban J connectivity index is 2.28. The zero-order valence-corrected chi connectivity index (χ0v) is 9.34. The van der Waals surface area contributed by atoms with Gasteiger partial charge in [0.15, 0.2) is 0 Å². The first kappa shape index (κ1) is 10.8. The van der Waals surface area contributed by atoms with Crippen molar-refractivity contribution in [2.45, 2.75) is 26.4 Å². The maximum absolute atomic E-state index is 9.27. The van der Waals surface area contributed by atoms with E-state index in [-0.39, 0.29) is 5.89 Å². The van der Waals surface area contributed by atoms with E-state index in [4.69, 9.17) is 4.52 Å². The highest BCUT2D eigenvalue weighted by Gasteiger charge is 2.12. The molecule has 0 spiro atoms. The van der Waals surface area contributed by atoms with Gasteiger partial charge >= 0.3 is 0 Å². The Kier molecular flexibility index (Phi) is 3.01. The van der Waals surface area contributed by atoms with E-state index in [9.17, 15) is 5.11 Å². The Morgan fingerprint density at radius 3 is 2.50 bits per heavy atom. The summed E-state index contributed by atoms with van der Waals surface area (Å²) in [6.45, 7) is 3.70. The standard InChI is InChI=1S/C12H14N2O2/c1-3-9-4-6-10(7-5-9)11-13-12(8(2)15)16-14-11/h4-8,15H,3H2,1-2H3/t8-/m0/s1. The van der Waals surface area contributed by atoms with Gasteiger partial charge in [0, 0.05) is 5.56 Å². The van der Waals surface area contributed by atoms with Crippen molar-refractivity contribution in [3.8, 4) is 11.4 Å². The minimum Gasteiger partial charge on any atom is -0.384 e. The third-order valence-electron chi connectivity index (χ3n) is 2.42. The number of aliphatic hydroxyl groups is 1. The predicted molar refractivity (Wildman–Crippen MR) is 59.7 cm³/mol. The number of nitrogens with zero attached hydrogens (tertiary/aromatic N) is 2. The van der Waals surface area contributed by atoms with Gasteiger partial charge in [-0.2, -0.15) is 4.98 Å². The zero-order chi connectivity index (χ0) is 11.5. The maximum Gasteiger partial charge on any atom is 0.255 e. The third-order valence-corrected chi connectivity index (χ3v) is 2.42. The first-order chi connectivity index (χ1) is 7.70. The van der Waals surface area contributed by atoms with E-state index in [1.54, 1.807) is 6.92 Å². The second-order valence-corrected chi connectivity index (χ2v) is 3.68. The van der Waals surface area contributed by atoms with Crippen LogP contribution >= 0.6 is 0 Å². The van der Waals surface area contributed by atoms with Gasteiger partial charge in [-0.1, -0.05) is 36.3 Å². The summed E-state index contributed by atoms with van der Waals surface area (Å²) in [5, 5.41) is 13.1. The molecule has 84 valence electrons. The molecule has 0 radical (unpaired) electrons. The lowest BCUT2D eigenvalue weighted by molar-refractivity contribution is 0.152. The Hall–Kier alpha value is -1.68. The average molecular weight is 218 g/mol. The molecule has 1 aromatic heterocycles. The Morgan fingerprint density at radius 1 is 1.31 bits per heavy atom. The van der Waals surface area contributed by atoms with Crippen molar-refractivity contribution in [1.82, 2.24) is 10.1 Å². The molecule has 1 heterocycles. The van der Waals surface area contributed by atoms with E-state index >= 15 is 0 Å². The number of aliphatic hydroxyl groups excluding tert-OH is 1. The molecule has 0 saturated carbocycles. The van der Waals surface area contributed by atoms with Crippen LogP contribution < -0.4 is 0 Å². The summed E-state index contributed by atoms with van der Waals surface area (Å²) >= 11 is 0. The molecule has 2 aromatic rings. The number of aryl methyl sites for hydroxylation is 1. The van der Waals surface area contributed by atoms with E-state index in [1.807, 2.05) is 24.3 Å². The molecular weight excluding hydrogens is 204 g/mol. The lowest BCUT2D eigenvalue weighted by atomic mass is 10.1. The number of rotatable bonds is 3. The Bertz CT molecular complexity index is 460. The van der Waals surface area contributed by atoms with Crippen molar-refractivity contribution in [2.75, 3.05) is 0 Å². The SMILES string of the molecule is CCc1ccc(-c2noc([C@H](C)O)n2)cc1. The lowest BCUT2D eigenvalue weighted by Crippen LogP contribution is -1.90. The number of hydrogen-bond donors (Lipinski definition) is 1. The summed E-state index contributed by atoms with van der Waals surface area (Å²) in [5.74, 6) is 0.758. The van der Waals surface area contributed by atoms with Crippen LogP contribution in [0, 0.1) is 0 Å². The van der Waals surface area contributed by atoms with Crippen molar-refractivity contribution in [2.24, 2.45) is 0 Å². The molecule has 1 aromatic carbocycles. The molecule has 0 amide bonds. The van der Waals surface area contributed by atoms with Gasteiger partial charge in [0.25, 0.3) is 5.89 Å². The Labute approximate surface area is 93.9 Å². The minimum atomic E-state index is -0.726. The number of aromatic nitrogens is 2. The molecule has 4 nitrogen and oxygen atoms in total. The van der Waals surface area contributed by atoms with Crippen molar-refractivity contribution in [1.29, 1.82) is 0 Å². The Morgan fingerprint density at radius 2 is 2.00 bits per heavy atom. The summed E-state index contributed by atoms with van der Waals surface area (Å²) in [7, 11) is 0. The van der Waals surface area contributed by atoms with Gasteiger partial charge in [-0.05, 0) is 18.9 Å². The van der Waals surface area contributed by atoms with E-state index in [2.05, 4.69) is 17.1 Å². The molecule has 0 bridgehead atoms. The molecular formula is C12H14N2O2.